The van der Waals surface area contributed by atoms with Gasteiger partial charge in [0, 0.05) is 11.0 Å². The summed E-state index contributed by atoms with van der Waals surface area (Å²) >= 11 is 1.45. The van der Waals surface area contributed by atoms with Gasteiger partial charge in [-0.2, -0.15) is 5.26 Å². The van der Waals surface area contributed by atoms with Crippen molar-refractivity contribution in [2.75, 3.05) is 11.9 Å². The summed E-state index contributed by atoms with van der Waals surface area (Å²) in [6.07, 6.45) is 7.83. The number of carbonyl (C=O) groups is 2. The average molecular weight is 384 g/mol. The first-order valence-corrected chi connectivity index (χ1v) is 9.64. The van der Waals surface area contributed by atoms with Crippen molar-refractivity contribution in [3.05, 3.63) is 45.7 Å². The Kier molecular flexibility index (Phi) is 6.09. The third-order valence-electron chi connectivity index (χ3n) is 4.28. The third-order valence-corrected chi connectivity index (χ3v) is 5.48. The van der Waals surface area contributed by atoms with Gasteiger partial charge >= 0.3 is 5.97 Å². The molecule has 2 heterocycles. The van der Waals surface area contributed by atoms with E-state index in [1.54, 1.807) is 19.1 Å². The van der Waals surface area contributed by atoms with E-state index in [0.717, 1.165) is 43.4 Å². The highest BCUT2D eigenvalue weighted by molar-refractivity contribution is 7.16. The molecular formula is C20H20N2O4S. The zero-order chi connectivity index (χ0) is 19.2. The molecule has 0 aromatic carbocycles. The number of aryl methyl sites for hydroxylation is 2. The Morgan fingerprint density at radius 1 is 1.33 bits per heavy atom. The highest BCUT2D eigenvalue weighted by Crippen LogP contribution is 2.36. The highest BCUT2D eigenvalue weighted by Gasteiger charge is 2.21. The first-order valence-electron chi connectivity index (χ1n) is 8.82. The molecule has 7 heteroatoms. The lowest BCUT2D eigenvalue weighted by Crippen LogP contribution is -2.20. The number of esters is 1. The Bertz CT molecular complexity index is 917. The fourth-order valence-corrected chi connectivity index (χ4v) is 4.25. The van der Waals surface area contributed by atoms with Gasteiger partial charge in [0.25, 0.3) is 5.91 Å². The first kappa shape index (κ1) is 18.9. The van der Waals surface area contributed by atoms with Crippen LogP contribution in [-0.2, 0) is 27.2 Å². The number of amides is 1. The van der Waals surface area contributed by atoms with Gasteiger partial charge in [-0.1, -0.05) is 6.42 Å². The van der Waals surface area contributed by atoms with E-state index in [9.17, 15) is 14.9 Å². The van der Waals surface area contributed by atoms with E-state index in [2.05, 4.69) is 11.4 Å². The van der Waals surface area contributed by atoms with Crippen molar-refractivity contribution in [2.45, 2.75) is 39.0 Å². The van der Waals surface area contributed by atoms with Gasteiger partial charge in [-0.15, -0.1) is 11.3 Å². The minimum atomic E-state index is -0.637. The summed E-state index contributed by atoms with van der Waals surface area (Å²) in [5.74, 6) is 0.179. The SMILES string of the molecule is Cc1ccc(/C=C/C(=O)OCC(=O)Nc2sc3c(c2C#N)CCCCC3)o1. The van der Waals surface area contributed by atoms with Crippen LogP contribution in [0.1, 0.15) is 46.8 Å². The Balaban J connectivity index is 1.56. The van der Waals surface area contributed by atoms with Gasteiger partial charge in [-0.25, -0.2) is 4.79 Å². The van der Waals surface area contributed by atoms with E-state index in [-0.39, 0.29) is 0 Å². The van der Waals surface area contributed by atoms with Crippen LogP contribution in [0, 0.1) is 18.3 Å². The van der Waals surface area contributed by atoms with Gasteiger partial charge < -0.3 is 14.5 Å². The van der Waals surface area contributed by atoms with Crippen LogP contribution in [0.4, 0.5) is 5.00 Å². The summed E-state index contributed by atoms with van der Waals surface area (Å²) in [4.78, 5) is 25.0. The van der Waals surface area contributed by atoms with Gasteiger partial charge in [0.2, 0.25) is 0 Å². The number of anilines is 1. The number of nitrogens with one attached hydrogen (secondary N) is 1. The van der Waals surface area contributed by atoms with Gasteiger partial charge in [0.15, 0.2) is 6.61 Å². The summed E-state index contributed by atoms with van der Waals surface area (Å²) in [6.45, 7) is 1.40. The smallest absolute Gasteiger partial charge is 0.331 e. The molecule has 140 valence electrons. The van der Waals surface area contributed by atoms with Crippen LogP contribution in [0.15, 0.2) is 22.6 Å². The number of fused-ring (bicyclic) bond motifs is 1. The quantitative estimate of drug-likeness (QED) is 0.478. The molecule has 0 radical (unpaired) electrons. The van der Waals surface area contributed by atoms with Crippen molar-refractivity contribution in [3.63, 3.8) is 0 Å². The minimum Gasteiger partial charge on any atom is -0.462 e. The predicted molar refractivity (Wildman–Crippen MR) is 102 cm³/mol. The van der Waals surface area contributed by atoms with Gasteiger partial charge in [0.05, 0.1) is 5.56 Å². The van der Waals surface area contributed by atoms with Crippen molar-refractivity contribution in [1.82, 2.24) is 0 Å². The maximum Gasteiger partial charge on any atom is 0.331 e. The molecule has 2 aromatic heterocycles. The van der Waals surface area contributed by atoms with Crippen LogP contribution in [0.3, 0.4) is 0 Å². The fourth-order valence-electron chi connectivity index (χ4n) is 2.99. The molecule has 0 atom stereocenters. The van der Waals surface area contributed by atoms with Gasteiger partial charge in [-0.05, 0) is 56.4 Å². The standard InChI is InChI=1S/C20H20N2O4S/c1-13-7-8-14(26-13)9-10-19(24)25-12-18(23)22-20-16(11-21)15-5-3-2-4-6-17(15)27-20/h7-10H,2-6,12H2,1H3,(H,22,23)/b10-9+. The topological polar surface area (TPSA) is 92.3 Å². The minimum absolute atomic E-state index is 0.409. The number of rotatable bonds is 5. The molecule has 1 N–H and O–H groups in total. The lowest BCUT2D eigenvalue weighted by Gasteiger charge is -2.04. The normalized spacial score (nSPS) is 13.6. The Morgan fingerprint density at radius 3 is 2.89 bits per heavy atom. The van der Waals surface area contributed by atoms with Crippen molar-refractivity contribution in [2.24, 2.45) is 0 Å². The average Bonchev–Trinajstić information content (AvgIpc) is 3.13. The van der Waals surface area contributed by atoms with Crippen LogP contribution in [0.25, 0.3) is 6.08 Å². The second-order valence-electron chi connectivity index (χ2n) is 6.32. The molecule has 1 amide bonds. The molecule has 6 nitrogen and oxygen atoms in total. The maximum absolute atomic E-state index is 12.1. The van der Waals surface area contributed by atoms with E-state index >= 15 is 0 Å². The maximum atomic E-state index is 12.1. The Morgan fingerprint density at radius 2 is 2.15 bits per heavy atom. The summed E-state index contributed by atoms with van der Waals surface area (Å²) in [6, 6.07) is 5.73. The zero-order valence-electron chi connectivity index (χ0n) is 15.0. The molecule has 3 rings (SSSR count). The van der Waals surface area contributed by atoms with Crippen molar-refractivity contribution < 1.29 is 18.7 Å². The molecule has 0 bridgehead atoms. The van der Waals surface area contributed by atoms with Crippen LogP contribution in [0.2, 0.25) is 0 Å². The lowest BCUT2D eigenvalue weighted by molar-refractivity contribution is -0.142. The molecular weight excluding hydrogens is 364 g/mol. The first-order chi connectivity index (χ1) is 13.1. The fraction of sp³-hybridized carbons (Fsp3) is 0.350. The second-order valence-corrected chi connectivity index (χ2v) is 7.42. The number of thiophene rings is 1. The van der Waals surface area contributed by atoms with E-state index in [4.69, 9.17) is 9.15 Å². The molecule has 1 aliphatic carbocycles. The largest absolute Gasteiger partial charge is 0.462 e. The number of nitriles is 1. The van der Waals surface area contributed by atoms with Crippen molar-refractivity contribution in [1.29, 1.82) is 5.26 Å². The molecule has 0 saturated heterocycles. The molecule has 2 aromatic rings. The molecule has 1 aliphatic rings. The number of hydrogen-bond acceptors (Lipinski definition) is 6. The van der Waals surface area contributed by atoms with E-state index < -0.39 is 18.5 Å². The molecule has 27 heavy (non-hydrogen) atoms. The molecule has 0 spiro atoms. The zero-order valence-corrected chi connectivity index (χ0v) is 15.9. The predicted octanol–water partition coefficient (Wildman–Crippen LogP) is 3.99. The van der Waals surface area contributed by atoms with Crippen LogP contribution in [0.5, 0.6) is 0 Å². The number of furan rings is 1. The lowest BCUT2D eigenvalue weighted by atomic mass is 10.1. The van der Waals surface area contributed by atoms with E-state index in [0.29, 0.717) is 16.3 Å². The van der Waals surface area contributed by atoms with Crippen LogP contribution in [-0.4, -0.2) is 18.5 Å². The van der Waals surface area contributed by atoms with E-state index in [1.807, 2.05) is 0 Å². The Labute approximate surface area is 161 Å². The number of ether oxygens (including phenoxy) is 1. The van der Waals surface area contributed by atoms with Crippen molar-refractivity contribution >= 4 is 34.3 Å². The molecule has 0 fully saturated rings. The molecule has 0 unspecified atom stereocenters. The summed E-state index contributed by atoms with van der Waals surface area (Å²) in [5, 5.41) is 12.7. The number of nitrogens with zero attached hydrogens (tertiary/aromatic N) is 1. The third kappa shape index (κ3) is 4.86. The van der Waals surface area contributed by atoms with Gasteiger partial charge in [-0.3, -0.25) is 4.79 Å². The van der Waals surface area contributed by atoms with Crippen LogP contribution >= 0.6 is 11.3 Å². The number of carbonyl (C=O) groups excluding carboxylic acids is 2. The Hall–Kier alpha value is -2.85. The molecule has 0 aliphatic heterocycles. The molecule has 0 saturated carbocycles. The second kappa shape index (κ2) is 8.69. The van der Waals surface area contributed by atoms with Crippen LogP contribution < -0.4 is 5.32 Å². The highest BCUT2D eigenvalue weighted by atomic mass is 32.1. The van der Waals surface area contributed by atoms with Gasteiger partial charge in [0.1, 0.15) is 22.6 Å². The number of hydrogen-bond donors (Lipinski definition) is 1. The monoisotopic (exact) mass is 384 g/mol. The van der Waals surface area contributed by atoms with E-state index in [1.165, 1.54) is 28.4 Å². The van der Waals surface area contributed by atoms with Crippen molar-refractivity contribution in [3.8, 4) is 6.07 Å². The summed E-state index contributed by atoms with van der Waals surface area (Å²) in [7, 11) is 0. The summed E-state index contributed by atoms with van der Waals surface area (Å²) < 4.78 is 10.3. The summed E-state index contributed by atoms with van der Waals surface area (Å²) in [5.41, 5.74) is 1.61.